The Balaban J connectivity index is 1.85. The zero-order valence-electron chi connectivity index (χ0n) is 48.3. The maximum Gasteiger partial charge on any atom is 0.329 e. The summed E-state index contributed by atoms with van der Waals surface area (Å²) in [6.45, 7) is 7.31. The molecule has 2 bridgehead atoms. The highest BCUT2D eigenvalue weighted by atomic mass is 16.6. The molecule has 0 radical (unpaired) electrons. The molecule has 16 atom stereocenters. The summed E-state index contributed by atoms with van der Waals surface area (Å²) < 4.78 is 96.2. The third-order valence-corrected chi connectivity index (χ3v) is 14.5. The molecule has 3 fully saturated rings. The number of nitrogens with zero attached hydrogens (tertiary/aromatic N) is 1. The van der Waals surface area contributed by atoms with Crippen LogP contribution in [0.5, 0.6) is 0 Å². The van der Waals surface area contributed by atoms with Crippen LogP contribution in [0, 0.1) is 41.4 Å². The van der Waals surface area contributed by atoms with Crippen LogP contribution in [-0.4, -0.2) is 132 Å². The van der Waals surface area contributed by atoms with Gasteiger partial charge in [0.2, 0.25) is 5.79 Å². The Kier molecular flexibility index (Phi) is 16.8. The van der Waals surface area contributed by atoms with Crippen molar-refractivity contribution in [2.24, 2.45) is 41.4 Å². The lowest BCUT2D eigenvalue weighted by Crippen LogP contribution is -2.61. The maximum absolute atomic E-state index is 14.5. The standard InChI is InChI=1S/C52H81NO13/c1-30-17-13-12-14-18-31(2)43(62-9)28-39-22-20-35(6)52(61,66-39)49(58)50(59)53-24-16-15-19-40(53)51(60)65-44(33(4)26-38-21-23-41(54)45(27-38)63-10)29-42(55)32(3)25-34(5)46(56)48(64-11)47(57)37(8)36(30)7/h12-14,17-18,25,30,32-33,35-41,43-46,48,54,56,61H,15-16,19-24,26-29H2,1-11H3/b14-12?,17-13+,31-18?,34-25+/t30-,32-,33-,35-,36?,37-,38+,39+,40+,41-,43+,44+,45-,46-,48-,52-/m1/s1/i3D3,9D3,30D,36D. The van der Waals surface area contributed by atoms with Crippen molar-refractivity contribution < 1.29 is 73.9 Å². The third-order valence-electron chi connectivity index (χ3n) is 14.5. The summed E-state index contributed by atoms with van der Waals surface area (Å²) in [6, 6.07) is -1.37. The van der Waals surface area contributed by atoms with Gasteiger partial charge < -0.3 is 43.9 Å². The largest absolute Gasteiger partial charge is 0.460 e. The van der Waals surface area contributed by atoms with Crippen LogP contribution in [0.25, 0.3) is 0 Å². The number of amides is 1. The summed E-state index contributed by atoms with van der Waals surface area (Å²) in [5.74, 6) is -16.3. The second kappa shape index (κ2) is 25.3. The predicted molar refractivity (Wildman–Crippen MR) is 250 cm³/mol. The Labute approximate surface area is 404 Å². The minimum absolute atomic E-state index is 0.0422. The van der Waals surface area contributed by atoms with Crippen LogP contribution in [0.2, 0.25) is 0 Å². The zero-order valence-corrected chi connectivity index (χ0v) is 40.3. The molecule has 1 saturated carbocycles. The molecule has 14 nitrogen and oxygen atoms in total. The first-order valence-electron chi connectivity index (χ1n) is 27.5. The number of methoxy groups -OCH3 is 3. The predicted octanol–water partition coefficient (Wildman–Crippen LogP) is 6.43. The molecule has 0 spiro atoms. The number of rotatable bonds is 6. The molecule has 1 unspecified atom stereocenters. The highest BCUT2D eigenvalue weighted by molar-refractivity contribution is 6.39. The number of carbonyl (C=O) groups excluding carboxylic acids is 5. The number of cyclic esters (lactones) is 1. The fourth-order valence-electron chi connectivity index (χ4n) is 9.63. The lowest BCUT2D eigenvalue weighted by Gasteiger charge is -2.42. The molecule has 0 aromatic rings. The van der Waals surface area contributed by atoms with Gasteiger partial charge in [-0.2, -0.15) is 0 Å². The number of ketones is 3. The Morgan fingerprint density at radius 1 is 0.924 bits per heavy atom. The molecular formula is C52H81NO13. The molecule has 66 heavy (non-hydrogen) atoms. The van der Waals surface area contributed by atoms with Gasteiger partial charge in [-0.25, -0.2) is 4.79 Å². The Hall–Kier alpha value is -3.37. The van der Waals surface area contributed by atoms with Gasteiger partial charge in [-0.1, -0.05) is 77.9 Å². The monoisotopic (exact) mass is 936 g/mol. The quantitative estimate of drug-likeness (QED) is 0.150. The average Bonchev–Trinajstić information content (AvgIpc) is 3.32. The number of aliphatic hydroxyl groups is 3. The molecule has 3 heterocycles. The van der Waals surface area contributed by atoms with E-state index in [1.54, 1.807) is 26.0 Å². The van der Waals surface area contributed by atoms with E-state index in [9.17, 15) is 40.7 Å². The minimum atomic E-state index is -3.02. The van der Waals surface area contributed by atoms with Crippen molar-refractivity contribution in [2.45, 2.75) is 181 Å². The number of Topliss-reactive ketones (excluding diaryl/α,β-unsaturated/α-hetero) is 3. The lowest BCUT2D eigenvalue weighted by atomic mass is 9.78. The number of carbonyl (C=O) groups is 5. The number of esters is 1. The molecule has 372 valence electrons. The normalized spacial score (nSPS) is 44.2. The van der Waals surface area contributed by atoms with E-state index in [4.69, 9.17) is 33.3 Å². The summed E-state index contributed by atoms with van der Waals surface area (Å²) >= 11 is 0. The van der Waals surface area contributed by atoms with Gasteiger partial charge in [-0.3, -0.25) is 19.2 Å². The van der Waals surface area contributed by atoms with Crippen molar-refractivity contribution in [1.82, 2.24) is 4.90 Å². The number of aliphatic hydroxyl groups excluding tert-OH is 2. The maximum atomic E-state index is 14.5. The average molecular weight is 936 g/mol. The van der Waals surface area contributed by atoms with Crippen LogP contribution < -0.4 is 0 Å². The zero-order chi connectivity index (χ0) is 55.9. The van der Waals surface area contributed by atoms with Crippen molar-refractivity contribution in [2.75, 3.05) is 27.8 Å². The first-order valence-corrected chi connectivity index (χ1v) is 23.5. The Morgan fingerprint density at radius 2 is 1.67 bits per heavy atom. The van der Waals surface area contributed by atoms with Crippen LogP contribution in [-0.2, 0) is 47.7 Å². The van der Waals surface area contributed by atoms with Crippen molar-refractivity contribution in [3.05, 3.63) is 47.6 Å². The van der Waals surface area contributed by atoms with Crippen molar-refractivity contribution in [3.8, 4) is 0 Å². The molecule has 0 aromatic heterocycles. The van der Waals surface area contributed by atoms with Gasteiger partial charge in [0.1, 0.15) is 30.1 Å². The fraction of sp³-hybridized carbons (Fsp3) is 0.750. The fourth-order valence-corrected chi connectivity index (χ4v) is 9.63. The van der Waals surface area contributed by atoms with E-state index in [1.165, 1.54) is 60.0 Å². The minimum Gasteiger partial charge on any atom is -0.460 e. The lowest BCUT2D eigenvalue weighted by molar-refractivity contribution is -0.265. The number of ether oxygens (including phenoxy) is 5. The second-order valence-corrected chi connectivity index (χ2v) is 19.1. The van der Waals surface area contributed by atoms with E-state index < -0.39 is 140 Å². The van der Waals surface area contributed by atoms with E-state index in [1.807, 2.05) is 0 Å². The SMILES string of the molecule is [2H]C([2H])([2H])O[C@H]1C[C@@H]2CC[C@@H](C)[C@@](O)(O2)C(=O)C(=O)N2CCCC[C@H]2C(=O)O[C@H]([C@H](C)C[C@@H]2CC[C@@H](O)[C@H](OC)C2)CC(=O)[C@H](C([2H])([2H])[2H])/C=C(\C)[C@@H](O)[C@@H](OC)C(=O)[C@H](C)C([2H])(C)[C@]([2H])(C)/C=C/C=CC=C1C. The number of fused-ring (bicyclic) bond motifs is 3. The number of hydrogen-bond acceptors (Lipinski definition) is 13. The van der Waals surface area contributed by atoms with Crippen LogP contribution in [0.1, 0.15) is 137 Å². The van der Waals surface area contributed by atoms with E-state index in [0.717, 1.165) is 18.1 Å². The van der Waals surface area contributed by atoms with Gasteiger partial charge >= 0.3 is 5.97 Å². The van der Waals surface area contributed by atoms with Crippen molar-refractivity contribution in [1.29, 1.82) is 0 Å². The van der Waals surface area contributed by atoms with E-state index in [-0.39, 0.29) is 43.7 Å². The molecule has 14 heteroatoms. The Morgan fingerprint density at radius 3 is 2.35 bits per heavy atom. The first-order chi connectivity index (χ1) is 34.2. The van der Waals surface area contributed by atoms with E-state index in [2.05, 4.69) is 0 Å². The summed E-state index contributed by atoms with van der Waals surface area (Å²) in [5.41, 5.74) is 0.287. The number of hydrogen-bond donors (Lipinski definition) is 3. The van der Waals surface area contributed by atoms with Gasteiger partial charge in [0.15, 0.2) is 5.78 Å². The molecule has 3 N–H and O–H groups in total. The van der Waals surface area contributed by atoms with Gasteiger partial charge in [0.05, 0.1) is 28.5 Å². The molecule has 0 aromatic carbocycles. The summed E-state index contributed by atoms with van der Waals surface area (Å²) in [6.07, 6.45) is 2.72. The van der Waals surface area contributed by atoms with Gasteiger partial charge in [0, 0.05) is 65.3 Å². The van der Waals surface area contributed by atoms with Gasteiger partial charge in [-0.15, -0.1) is 0 Å². The molecular weight excluding hydrogens is 847 g/mol. The molecule has 4 rings (SSSR count). The molecule has 3 aliphatic heterocycles. The summed E-state index contributed by atoms with van der Waals surface area (Å²) in [5, 5.41) is 34.2. The summed E-state index contributed by atoms with van der Waals surface area (Å²) in [7, 11) is -0.248. The van der Waals surface area contributed by atoms with Gasteiger partial charge in [0.25, 0.3) is 11.7 Å². The second-order valence-electron chi connectivity index (χ2n) is 19.1. The summed E-state index contributed by atoms with van der Waals surface area (Å²) in [4.78, 5) is 72.9. The molecule has 4 aliphatic rings. The van der Waals surface area contributed by atoms with Crippen LogP contribution in [0.3, 0.4) is 0 Å². The van der Waals surface area contributed by atoms with Crippen LogP contribution >= 0.6 is 0 Å². The van der Waals surface area contributed by atoms with E-state index >= 15 is 0 Å². The van der Waals surface area contributed by atoms with Crippen molar-refractivity contribution >= 4 is 29.2 Å². The van der Waals surface area contributed by atoms with Crippen LogP contribution in [0.15, 0.2) is 47.6 Å². The topological polar surface area (TPSA) is 195 Å². The van der Waals surface area contributed by atoms with Crippen molar-refractivity contribution in [3.63, 3.8) is 0 Å². The smallest absolute Gasteiger partial charge is 0.329 e. The highest BCUT2D eigenvalue weighted by Crippen LogP contribution is 2.38. The number of piperidine rings is 1. The third kappa shape index (κ3) is 13.9. The highest BCUT2D eigenvalue weighted by Gasteiger charge is 2.53. The molecule has 1 amide bonds. The Bertz CT molecular complexity index is 2110. The van der Waals surface area contributed by atoms with Crippen LogP contribution in [0.4, 0.5) is 0 Å². The van der Waals surface area contributed by atoms with Gasteiger partial charge in [-0.05, 0) is 106 Å². The van der Waals surface area contributed by atoms with E-state index in [0.29, 0.717) is 44.1 Å². The molecule has 1 aliphatic carbocycles. The number of allylic oxidation sites excluding steroid dienone is 6. The first kappa shape index (κ1) is 43.9. The molecule has 2 saturated heterocycles.